The molecule has 0 unspecified atom stereocenters. The molecule has 1 fully saturated rings. The molecule has 0 saturated carbocycles. The number of likely N-dealkylation sites (tertiary alicyclic amines) is 1. The van der Waals surface area contributed by atoms with E-state index in [2.05, 4.69) is 21.3 Å². The lowest BCUT2D eigenvalue weighted by Crippen LogP contribution is -2.43. The molecule has 0 aliphatic carbocycles. The number of aromatic nitrogens is 1. The molecule has 1 aromatic carbocycles. The van der Waals surface area contributed by atoms with Crippen molar-refractivity contribution >= 4 is 18.1 Å². The van der Waals surface area contributed by atoms with E-state index in [1.54, 1.807) is 12.1 Å². The lowest BCUT2D eigenvalue weighted by molar-refractivity contribution is 0.162. The molecular weight excluding hydrogens is 313 g/mol. The van der Waals surface area contributed by atoms with Crippen LogP contribution in [0.2, 0.25) is 0 Å². The summed E-state index contributed by atoms with van der Waals surface area (Å²) in [6.07, 6.45) is 5.91. The minimum atomic E-state index is -0.125. The summed E-state index contributed by atoms with van der Waals surface area (Å²) in [4.78, 5) is 6.65. The Morgan fingerprint density at radius 2 is 2.04 bits per heavy atom. The predicted molar refractivity (Wildman–Crippen MR) is 92.6 cm³/mol. The average Bonchev–Trinajstić information content (AvgIpc) is 2.89. The van der Waals surface area contributed by atoms with E-state index >= 15 is 0 Å². The summed E-state index contributed by atoms with van der Waals surface area (Å²) in [5, 5.41) is 3.46. The van der Waals surface area contributed by atoms with Crippen molar-refractivity contribution in [3.8, 4) is 0 Å². The molecule has 0 radical (unpaired) electrons. The van der Waals surface area contributed by atoms with Crippen molar-refractivity contribution in [3.05, 3.63) is 59.7 Å². The van der Waals surface area contributed by atoms with E-state index in [-0.39, 0.29) is 23.6 Å². The SMILES string of the molecule is Cl.Fc1ccc2c(c1)C1(CCN(Cc3cccnc3)CC1)CN2. The highest BCUT2D eigenvalue weighted by Crippen LogP contribution is 2.44. The number of piperidine rings is 1. The van der Waals surface area contributed by atoms with Crippen LogP contribution in [0.1, 0.15) is 24.0 Å². The van der Waals surface area contributed by atoms with Gasteiger partial charge in [0.1, 0.15) is 5.82 Å². The van der Waals surface area contributed by atoms with Crippen LogP contribution in [0.25, 0.3) is 0 Å². The third kappa shape index (κ3) is 3.06. The summed E-state index contributed by atoms with van der Waals surface area (Å²) >= 11 is 0. The van der Waals surface area contributed by atoms with E-state index in [1.165, 1.54) is 11.1 Å². The van der Waals surface area contributed by atoms with Gasteiger partial charge in [-0.3, -0.25) is 9.88 Å². The summed E-state index contributed by atoms with van der Waals surface area (Å²) in [6, 6.07) is 9.26. The molecule has 1 saturated heterocycles. The Kier molecular flexibility index (Phi) is 4.55. The van der Waals surface area contributed by atoms with E-state index in [0.717, 1.165) is 44.7 Å². The van der Waals surface area contributed by atoms with Gasteiger partial charge in [-0.15, -0.1) is 12.4 Å². The number of halogens is 2. The molecule has 4 rings (SSSR count). The largest absolute Gasteiger partial charge is 0.384 e. The van der Waals surface area contributed by atoms with Crippen molar-refractivity contribution in [2.24, 2.45) is 0 Å². The van der Waals surface area contributed by atoms with E-state index in [0.29, 0.717) is 0 Å². The molecule has 1 spiro atoms. The van der Waals surface area contributed by atoms with Crippen LogP contribution in [0.15, 0.2) is 42.7 Å². The summed E-state index contributed by atoms with van der Waals surface area (Å²) in [6.45, 7) is 3.99. The minimum Gasteiger partial charge on any atom is -0.384 e. The molecule has 23 heavy (non-hydrogen) atoms. The number of hydrogen-bond donors (Lipinski definition) is 1. The molecule has 1 aromatic heterocycles. The Morgan fingerprint density at radius 3 is 2.78 bits per heavy atom. The number of hydrogen-bond acceptors (Lipinski definition) is 3. The Bertz CT molecular complexity index is 669. The molecule has 0 amide bonds. The van der Waals surface area contributed by atoms with Gasteiger partial charge in [-0.05, 0) is 61.3 Å². The highest BCUT2D eigenvalue weighted by molar-refractivity contribution is 5.85. The average molecular weight is 334 g/mol. The number of rotatable bonds is 2. The van der Waals surface area contributed by atoms with Gasteiger partial charge >= 0.3 is 0 Å². The van der Waals surface area contributed by atoms with Gasteiger partial charge in [-0.2, -0.15) is 0 Å². The Labute approximate surface area is 142 Å². The van der Waals surface area contributed by atoms with Crippen LogP contribution in [-0.2, 0) is 12.0 Å². The summed E-state index contributed by atoms with van der Waals surface area (Å²) < 4.78 is 13.6. The molecule has 0 bridgehead atoms. The summed E-state index contributed by atoms with van der Waals surface area (Å²) in [5.74, 6) is -0.125. The van der Waals surface area contributed by atoms with Crippen molar-refractivity contribution in [2.75, 3.05) is 25.0 Å². The van der Waals surface area contributed by atoms with E-state index in [1.807, 2.05) is 24.5 Å². The molecule has 3 heterocycles. The van der Waals surface area contributed by atoms with Crippen LogP contribution in [0, 0.1) is 5.82 Å². The van der Waals surface area contributed by atoms with Crippen LogP contribution >= 0.6 is 12.4 Å². The zero-order valence-electron chi connectivity index (χ0n) is 13.0. The number of fused-ring (bicyclic) bond motifs is 2. The predicted octanol–water partition coefficient (Wildman–Crippen LogP) is 3.60. The first-order chi connectivity index (χ1) is 10.8. The van der Waals surface area contributed by atoms with Crippen molar-refractivity contribution in [1.29, 1.82) is 0 Å². The molecule has 122 valence electrons. The van der Waals surface area contributed by atoms with Gasteiger partial charge in [0, 0.05) is 36.6 Å². The Balaban J connectivity index is 0.00000156. The van der Waals surface area contributed by atoms with E-state index < -0.39 is 0 Å². The van der Waals surface area contributed by atoms with Crippen LogP contribution in [0.5, 0.6) is 0 Å². The molecule has 5 heteroatoms. The zero-order valence-corrected chi connectivity index (χ0v) is 13.8. The van der Waals surface area contributed by atoms with Crippen molar-refractivity contribution < 1.29 is 4.39 Å². The topological polar surface area (TPSA) is 28.2 Å². The summed E-state index contributed by atoms with van der Waals surface area (Å²) in [5.41, 5.74) is 3.66. The molecule has 2 aliphatic rings. The maximum absolute atomic E-state index is 13.6. The first kappa shape index (κ1) is 16.2. The highest BCUT2D eigenvalue weighted by atomic mass is 35.5. The fourth-order valence-electron chi connectivity index (χ4n) is 3.80. The minimum absolute atomic E-state index is 0. The van der Waals surface area contributed by atoms with E-state index in [4.69, 9.17) is 0 Å². The third-order valence-corrected chi connectivity index (χ3v) is 5.11. The van der Waals surface area contributed by atoms with Crippen LogP contribution in [-0.4, -0.2) is 29.5 Å². The molecule has 3 nitrogen and oxygen atoms in total. The van der Waals surface area contributed by atoms with Gasteiger partial charge in [0.2, 0.25) is 0 Å². The van der Waals surface area contributed by atoms with Crippen LogP contribution < -0.4 is 5.32 Å². The first-order valence-electron chi connectivity index (χ1n) is 7.90. The Hall–Kier alpha value is -1.65. The summed E-state index contributed by atoms with van der Waals surface area (Å²) in [7, 11) is 0. The van der Waals surface area contributed by atoms with Gasteiger partial charge in [0.15, 0.2) is 0 Å². The normalized spacial score (nSPS) is 19.0. The molecule has 2 aliphatic heterocycles. The lowest BCUT2D eigenvalue weighted by Gasteiger charge is -2.39. The number of nitrogens with zero attached hydrogens (tertiary/aromatic N) is 2. The number of nitrogens with one attached hydrogen (secondary N) is 1. The van der Waals surface area contributed by atoms with Gasteiger partial charge < -0.3 is 5.32 Å². The number of pyridine rings is 1. The zero-order chi connectivity index (χ0) is 15.0. The van der Waals surface area contributed by atoms with Gasteiger partial charge in [-0.1, -0.05) is 6.07 Å². The second-order valence-corrected chi connectivity index (χ2v) is 6.46. The van der Waals surface area contributed by atoms with Crippen LogP contribution in [0.4, 0.5) is 10.1 Å². The molecule has 1 N–H and O–H groups in total. The van der Waals surface area contributed by atoms with Gasteiger partial charge in [0.05, 0.1) is 0 Å². The van der Waals surface area contributed by atoms with E-state index in [9.17, 15) is 4.39 Å². The molecular formula is C18H21ClFN3. The maximum Gasteiger partial charge on any atom is 0.123 e. The van der Waals surface area contributed by atoms with Crippen molar-refractivity contribution in [2.45, 2.75) is 24.8 Å². The third-order valence-electron chi connectivity index (χ3n) is 5.11. The highest BCUT2D eigenvalue weighted by Gasteiger charge is 2.41. The molecule has 2 aromatic rings. The second kappa shape index (κ2) is 6.46. The number of benzene rings is 1. The first-order valence-corrected chi connectivity index (χ1v) is 7.90. The molecule has 0 atom stereocenters. The fourth-order valence-corrected chi connectivity index (χ4v) is 3.80. The second-order valence-electron chi connectivity index (χ2n) is 6.46. The number of anilines is 1. The maximum atomic E-state index is 13.6. The lowest BCUT2D eigenvalue weighted by atomic mass is 9.74. The van der Waals surface area contributed by atoms with Crippen LogP contribution in [0.3, 0.4) is 0 Å². The fraction of sp³-hybridized carbons (Fsp3) is 0.389. The Morgan fingerprint density at radius 1 is 1.22 bits per heavy atom. The quantitative estimate of drug-likeness (QED) is 0.910. The van der Waals surface area contributed by atoms with Gasteiger partial charge in [-0.25, -0.2) is 4.39 Å². The standard InChI is InChI=1S/C18H20FN3.ClH/c19-15-3-4-17-16(10-15)18(13-21-17)5-8-22(9-6-18)12-14-2-1-7-20-11-14;/h1-4,7,10-11,21H,5-6,8-9,12-13H2;1H. The van der Waals surface area contributed by atoms with Crippen molar-refractivity contribution in [3.63, 3.8) is 0 Å². The van der Waals surface area contributed by atoms with Gasteiger partial charge in [0.25, 0.3) is 0 Å². The van der Waals surface area contributed by atoms with Crippen molar-refractivity contribution in [1.82, 2.24) is 9.88 Å². The monoisotopic (exact) mass is 333 g/mol. The smallest absolute Gasteiger partial charge is 0.123 e.